The van der Waals surface area contributed by atoms with Crippen LogP contribution in [0.3, 0.4) is 0 Å². The van der Waals surface area contributed by atoms with Gasteiger partial charge in [0.15, 0.2) is 0 Å². The van der Waals surface area contributed by atoms with Crippen LogP contribution in [0.15, 0.2) is 60.9 Å². The number of nitrogens with two attached hydrogens (primary N) is 1. The lowest BCUT2D eigenvalue weighted by atomic mass is 9.76. The lowest BCUT2D eigenvalue weighted by Crippen LogP contribution is -2.31. The molecule has 0 saturated carbocycles. The second kappa shape index (κ2) is 5.56. The molecule has 3 aromatic rings. The maximum Gasteiger partial charge on any atom is 0.218 e. The van der Waals surface area contributed by atoms with Crippen LogP contribution in [0.25, 0.3) is 10.9 Å². The molecule has 1 unspecified atom stereocenters. The maximum absolute atomic E-state index is 11.6. The minimum Gasteiger partial charge on any atom is -0.370 e. The van der Waals surface area contributed by atoms with Crippen molar-refractivity contribution >= 4 is 16.8 Å². The zero-order valence-corrected chi connectivity index (χ0v) is 12.4. The number of amides is 1. The number of aromatic nitrogens is 2. The largest absolute Gasteiger partial charge is 0.370 e. The zero-order chi connectivity index (χ0) is 15.6. The van der Waals surface area contributed by atoms with Gasteiger partial charge >= 0.3 is 0 Å². The number of nitrogens with zero attached hydrogens (tertiary/aromatic N) is 2. The minimum absolute atomic E-state index is 0.185. The molecule has 0 aliphatic heterocycles. The van der Waals surface area contributed by atoms with Gasteiger partial charge in [-0.1, -0.05) is 24.3 Å². The third kappa shape index (κ3) is 2.55. The quantitative estimate of drug-likeness (QED) is 0.803. The molecule has 3 rings (SSSR count). The fourth-order valence-corrected chi connectivity index (χ4v) is 2.75. The molecule has 0 saturated heterocycles. The average Bonchev–Trinajstić information content (AvgIpc) is 2.54. The summed E-state index contributed by atoms with van der Waals surface area (Å²) in [6, 6.07) is 15.6. The van der Waals surface area contributed by atoms with E-state index in [1.54, 1.807) is 12.4 Å². The number of hydrogen-bond acceptors (Lipinski definition) is 3. The highest BCUT2D eigenvalue weighted by molar-refractivity contribution is 5.80. The van der Waals surface area contributed by atoms with Crippen molar-refractivity contribution in [1.82, 2.24) is 9.97 Å². The van der Waals surface area contributed by atoms with Crippen molar-refractivity contribution in [2.24, 2.45) is 5.73 Å². The monoisotopic (exact) mass is 291 g/mol. The Balaban J connectivity index is 2.17. The first-order valence-corrected chi connectivity index (χ1v) is 7.15. The van der Waals surface area contributed by atoms with Gasteiger partial charge in [-0.05, 0) is 36.8 Å². The van der Waals surface area contributed by atoms with E-state index in [0.717, 1.165) is 22.2 Å². The van der Waals surface area contributed by atoms with Gasteiger partial charge < -0.3 is 5.73 Å². The molecule has 0 fully saturated rings. The molecule has 110 valence electrons. The van der Waals surface area contributed by atoms with E-state index < -0.39 is 5.41 Å². The molecule has 0 bridgehead atoms. The van der Waals surface area contributed by atoms with Gasteiger partial charge in [-0.25, -0.2) is 0 Å². The topological polar surface area (TPSA) is 68.9 Å². The summed E-state index contributed by atoms with van der Waals surface area (Å²) >= 11 is 0. The number of pyridine rings is 2. The lowest BCUT2D eigenvalue weighted by molar-refractivity contribution is -0.118. The fourth-order valence-electron chi connectivity index (χ4n) is 2.75. The third-order valence-electron chi connectivity index (χ3n) is 3.99. The van der Waals surface area contributed by atoms with Gasteiger partial charge in [0.1, 0.15) is 0 Å². The van der Waals surface area contributed by atoms with Crippen LogP contribution in [0.5, 0.6) is 0 Å². The SMILES string of the molecule is CC(CC(N)=O)(c1cnc2ccccc2c1)c1ccccn1. The lowest BCUT2D eigenvalue weighted by Gasteiger charge is -2.28. The Hall–Kier alpha value is -2.75. The van der Waals surface area contributed by atoms with E-state index in [2.05, 4.69) is 16.0 Å². The summed E-state index contributed by atoms with van der Waals surface area (Å²) in [5.74, 6) is -0.360. The second-order valence-corrected chi connectivity index (χ2v) is 5.61. The molecule has 0 aliphatic carbocycles. The van der Waals surface area contributed by atoms with Crippen LogP contribution in [0.1, 0.15) is 24.6 Å². The summed E-state index contributed by atoms with van der Waals surface area (Å²) < 4.78 is 0. The number of carbonyl (C=O) groups is 1. The number of rotatable bonds is 4. The molecule has 4 heteroatoms. The molecular weight excluding hydrogens is 274 g/mol. The summed E-state index contributed by atoms with van der Waals surface area (Å²) in [6.07, 6.45) is 3.72. The molecule has 1 atom stereocenters. The molecule has 4 nitrogen and oxygen atoms in total. The van der Waals surface area contributed by atoms with Crippen LogP contribution in [0.2, 0.25) is 0 Å². The Morgan fingerprint density at radius 3 is 2.64 bits per heavy atom. The van der Waals surface area contributed by atoms with Crippen molar-refractivity contribution < 1.29 is 4.79 Å². The predicted molar refractivity (Wildman–Crippen MR) is 86.2 cm³/mol. The normalized spacial score (nSPS) is 13.7. The van der Waals surface area contributed by atoms with E-state index in [-0.39, 0.29) is 12.3 Å². The van der Waals surface area contributed by atoms with Crippen LogP contribution in [0, 0.1) is 0 Å². The highest BCUT2D eigenvalue weighted by atomic mass is 16.1. The highest BCUT2D eigenvalue weighted by Crippen LogP contribution is 2.34. The molecule has 0 spiro atoms. The number of hydrogen-bond donors (Lipinski definition) is 1. The third-order valence-corrected chi connectivity index (χ3v) is 3.99. The summed E-state index contributed by atoms with van der Waals surface area (Å²) in [6.45, 7) is 1.98. The van der Waals surface area contributed by atoms with Gasteiger partial charge in [0.25, 0.3) is 0 Å². The van der Waals surface area contributed by atoms with Crippen molar-refractivity contribution in [2.75, 3.05) is 0 Å². The van der Waals surface area contributed by atoms with E-state index in [1.165, 1.54) is 0 Å². The Kier molecular flexibility index (Phi) is 3.59. The summed E-state index contributed by atoms with van der Waals surface area (Å²) in [4.78, 5) is 20.5. The van der Waals surface area contributed by atoms with Crippen molar-refractivity contribution in [3.05, 3.63) is 72.2 Å². The van der Waals surface area contributed by atoms with Gasteiger partial charge in [0, 0.05) is 29.6 Å². The molecule has 1 amide bonds. The van der Waals surface area contributed by atoms with Crippen LogP contribution in [0.4, 0.5) is 0 Å². The molecule has 2 heterocycles. The molecule has 0 aliphatic rings. The van der Waals surface area contributed by atoms with Crippen LogP contribution < -0.4 is 5.73 Å². The first-order valence-electron chi connectivity index (χ1n) is 7.15. The van der Waals surface area contributed by atoms with Gasteiger partial charge in [-0.3, -0.25) is 14.8 Å². The molecule has 2 N–H and O–H groups in total. The van der Waals surface area contributed by atoms with Gasteiger partial charge in [-0.2, -0.15) is 0 Å². The van der Waals surface area contributed by atoms with E-state index in [1.807, 2.05) is 49.4 Å². The summed E-state index contributed by atoms with van der Waals surface area (Å²) in [5, 5.41) is 1.03. The van der Waals surface area contributed by atoms with Crippen molar-refractivity contribution in [3.63, 3.8) is 0 Å². The first-order chi connectivity index (χ1) is 10.6. The number of carbonyl (C=O) groups excluding carboxylic acids is 1. The van der Waals surface area contributed by atoms with Gasteiger partial charge in [-0.15, -0.1) is 0 Å². The first kappa shape index (κ1) is 14.2. The molecule has 1 aromatic carbocycles. The second-order valence-electron chi connectivity index (χ2n) is 5.61. The number of benzene rings is 1. The van der Waals surface area contributed by atoms with Crippen molar-refractivity contribution in [1.29, 1.82) is 0 Å². The van der Waals surface area contributed by atoms with Crippen molar-refractivity contribution in [3.8, 4) is 0 Å². The van der Waals surface area contributed by atoms with Crippen LogP contribution in [-0.4, -0.2) is 15.9 Å². The molecule has 2 aromatic heterocycles. The summed E-state index contributed by atoms with van der Waals surface area (Å²) in [5.41, 5.74) is 7.56. The smallest absolute Gasteiger partial charge is 0.218 e. The van der Waals surface area contributed by atoms with E-state index >= 15 is 0 Å². The van der Waals surface area contributed by atoms with E-state index in [9.17, 15) is 4.79 Å². The number of primary amides is 1. The fraction of sp³-hybridized carbons (Fsp3) is 0.167. The average molecular weight is 291 g/mol. The molecular formula is C18H17N3O. The Bertz CT molecular complexity index is 817. The van der Waals surface area contributed by atoms with E-state index in [0.29, 0.717) is 0 Å². The Morgan fingerprint density at radius 1 is 1.14 bits per heavy atom. The van der Waals surface area contributed by atoms with Crippen LogP contribution in [-0.2, 0) is 10.2 Å². The van der Waals surface area contributed by atoms with Gasteiger partial charge in [0.2, 0.25) is 5.91 Å². The Morgan fingerprint density at radius 2 is 1.91 bits per heavy atom. The van der Waals surface area contributed by atoms with Crippen molar-refractivity contribution in [2.45, 2.75) is 18.8 Å². The Labute approximate surface area is 129 Å². The minimum atomic E-state index is -0.593. The van der Waals surface area contributed by atoms with E-state index in [4.69, 9.17) is 5.73 Å². The molecule has 0 radical (unpaired) electrons. The molecule has 22 heavy (non-hydrogen) atoms. The maximum atomic E-state index is 11.6. The highest BCUT2D eigenvalue weighted by Gasteiger charge is 2.32. The predicted octanol–water partition coefficient (Wildman–Crippen LogP) is 2.81. The summed E-state index contributed by atoms with van der Waals surface area (Å²) in [7, 11) is 0. The standard InChI is InChI=1S/C18H17N3O/c1-18(11-17(19)22,16-8-4-5-9-20-16)14-10-13-6-2-3-7-15(13)21-12-14/h2-10,12H,11H2,1H3,(H2,19,22). The number of para-hydroxylation sites is 1. The number of fused-ring (bicyclic) bond motifs is 1. The zero-order valence-electron chi connectivity index (χ0n) is 12.4. The van der Waals surface area contributed by atoms with Gasteiger partial charge in [0.05, 0.1) is 11.2 Å². The van der Waals surface area contributed by atoms with Crippen LogP contribution >= 0.6 is 0 Å².